The highest BCUT2D eigenvalue weighted by atomic mass is 79.9. The van der Waals surface area contributed by atoms with Crippen LogP contribution in [0.15, 0.2) is 35.3 Å². The number of rotatable bonds is 4. The zero-order valence-electron chi connectivity index (χ0n) is 9.91. The smallest absolute Gasteiger partial charge is 0.257 e. The molecule has 0 radical (unpaired) electrons. The Balaban J connectivity index is 3.09. The van der Waals surface area contributed by atoms with Crippen molar-refractivity contribution in [2.24, 2.45) is 0 Å². The molecule has 0 saturated heterocycles. The lowest BCUT2D eigenvalue weighted by molar-refractivity contribution is 0.0724. The molecule has 92 valence electrons. The summed E-state index contributed by atoms with van der Waals surface area (Å²) in [5, 5.41) is 0. The lowest BCUT2D eigenvalue weighted by atomic mass is 10.1. The normalized spacial score (nSPS) is 10.4. The summed E-state index contributed by atoms with van der Waals surface area (Å²) in [6, 6.07) is 4.70. The van der Waals surface area contributed by atoms with E-state index in [1.54, 1.807) is 23.1 Å². The minimum atomic E-state index is -0.521. The molecule has 0 spiro atoms. The Hall–Kier alpha value is -1.16. The van der Waals surface area contributed by atoms with Gasteiger partial charge in [-0.15, -0.1) is 6.58 Å². The van der Waals surface area contributed by atoms with Crippen molar-refractivity contribution in [3.8, 4) is 0 Å². The van der Waals surface area contributed by atoms with E-state index in [-0.39, 0.29) is 17.5 Å². The number of nitrogens with zero attached hydrogens (tertiary/aromatic N) is 1. The van der Waals surface area contributed by atoms with E-state index >= 15 is 0 Å². The molecule has 0 aliphatic rings. The molecular weight excluding hydrogens is 285 g/mol. The molecule has 0 aliphatic heterocycles. The molecule has 0 saturated carbocycles. The maximum atomic E-state index is 13.8. The summed E-state index contributed by atoms with van der Waals surface area (Å²) in [5.74, 6) is -0.842. The van der Waals surface area contributed by atoms with E-state index in [1.807, 2.05) is 13.8 Å². The van der Waals surface area contributed by atoms with E-state index in [4.69, 9.17) is 0 Å². The maximum Gasteiger partial charge on any atom is 0.257 e. The standard InChI is InChI=1S/C13H15BrFNO/c1-4-8-16(9(2)3)13(17)10-6-5-7-11(14)12(10)15/h4-7,9H,1,8H2,2-3H3. The number of carbonyl (C=O) groups is 1. The van der Waals surface area contributed by atoms with Crippen LogP contribution in [0, 0.1) is 5.82 Å². The second-order valence-electron chi connectivity index (χ2n) is 3.94. The van der Waals surface area contributed by atoms with Crippen LogP contribution in [-0.2, 0) is 0 Å². The monoisotopic (exact) mass is 299 g/mol. The van der Waals surface area contributed by atoms with Crippen LogP contribution in [0.3, 0.4) is 0 Å². The Morgan fingerprint density at radius 1 is 1.59 bits per heavy atom. The minimum Gasteiger partial charge on any atom is -0.332 e. The fraction of sp³-hybridized carbons (Fsp3) is 0.308. The second-order valence-corrected chi connectivity index (χ2v) is 4.80. The van der Waals surface area contributed by atoms with Crippen molar-refractivity contribution in [2.75, 3.05) is 6.54 Å². The summed E-state index contributed by atoms with van der Waals surface area (Å²) in [6.07, 6.45) is 1.63. The molecule has 0 fully saturated rings. The third-order valence-electron chi connectivity index (χ3n) is 2.39. The summed E-state index contributed by atoms with van der Waals surface area (Å²) in [6.45, 7) is 7.78. The molecule has 2 nitrogen and oxygen atoms in total. The summed E-state index contributed by atoms with van der Waals surface area (Å²) >= 11 is 3.07. The van der Waals surface area contributed by atoms with Crippen molar-refractivity contribution in [1.29, 1.82) is 0 Å². The van der Waals surface area contributed by atoms with Crippen LogP contribution in [0.25, 0.3) is 0 Å². The van der Waals surface area contributed by atoms with E-state index in [1.165, 1.54) is 6.07 Å². The van der Waals surface area contributed by atoms with Gasteiger partial charge in [-0.25, -0.2) is 4.39 Å². The first-order chi connectivity index (χ1) is 7.99. The number of carbonyl (C=O) groups excluding carboxylic acids is 1. The summed E-state index contributed by atoms with van der Waals surface area (Å²) in [4.78, 5) is 13.7. The van der Waals surface area contributed by atoms with Crippen LogP contribution in [0.5, 0.6) is 0 Å². The first kappa shape index (κ1) is 13.9. The van der Waals surface area contributed by atoms with Gasteiger partial charge in [0.15, 0.2) is 0 Å². The molecule has 1 amide bonds. The minimum absolute atomic E-state index is 0.00104. The van der Waals surface area contributed by atoms with E-state index < -0.39 is 5.82 Å². The highest BCUT2D eigenvalue weighted by Gasteiger charge is 2.21. The molecule has 1 rings (SSSR count). The molecule has 0 bridgehead atoms. The topological polar surface area (TPSA) is 20.3 Å². The number of benzene rings is 1. The average Bonchev–Trinajstić information content (AvgIpc) is 2.28. The Bertz CT molecular complexity index is 431. The molecule has 0 unspecified atom stereocenters. The average molecular weight is 300 g/mol. The van der Waals surface area contributed by atoms with Crippen molar-refractivity contribution in [2.45, 2.75) is 19.9 Å². The van der Waals surface area contributed by atoms with Crippen LogP contribution in [0.2, 0.25) is 0 Å². The highest BCUT2D eigenvalue weighted by Crippen LogP contribution is 2.20. The van der Waals surface area contributed by atoms with E-state index in [2.05, 4.69) is 22.5 Å². The first-order valence-electron chi connectivity index (χ1n) is 5.35. The van der Waals surface area contributed by atoms with Crippen molar-refractivity contribution in [3.05, 3.63) is 46.7 Å². The first-order valence-corrected chi connectivity index (χ1v) is 6.14. The van der Waals surface area contributed by atoms with Gasteiger partial charge in [0.05, 0.1) is 10.0 Å². The largest absolute Gasteiger partial charge is 0.332 e. The van der Waals surface area contributed by atoms with Crippen LogP contribution >= 0.6 is 15.9 Å². The van der Waals surface area contributed by atoms with Gasteiger partial charge in [-0.1, -0.05) is 12.1 Å². The summed E-state index contributed by atoms with van der Waals surface area (Å²) < 4.78 is 14.1. The second kappa shape index (κ2) is 5.96. The quantitative estimate of drug-likeness (QED) is 0.778. The molecule has 0 heterocycles. The van der Waals surface area contributed by atoms with Gasteiger partial charge in [-0.2, -0.15) is 0 Å². The SMILES string of the molecule is C=CCN(C(=O)c1cccc(Br)c1F)C(C)C. The third kappa shape index (κ3) is 3.16. The number of amides is 1. The molecule has 17 heavy (non-hydrogen) atoms. The molecule has 0 aromatic heterocycles. The van der Waals surface area contributed by atoms with Gasteiger partial charge in [-0.3, -0.25) is 4.79 Å². The van der Waals surface area contributed by atoms with E-state index in [0.717, 1.165) is 0 Å². The van der Waals surface area contributed by atoms with E-state index in [9.17, 15) is 9.18 Å². The number of halogens is 2. The lowest BCUT2D eigenvalue weighted by Crippen LogP contribution is -2.37. The molecule has 1 aromatic rings. The van der Waals surface area contributed by atoms with Crippen molar-refractivity contribution in [1.82, 2.24) is 4.90 Å². The Morgan fingerprint density at radius 2 is 2.24 bits per heavy atom. The fourth-order valence-electron chi connectivity index (χ4n) is 1.49. The van der Waals surface area contributed by atoms with Crippen molar-refractivity contribution in [3.63, 3.8) is 0 Å². The van der Waals surface area contributed by atoms with Crippen LogP contribution in [0.1, 0.15) is 24.2 Å². The summed E-state index contributed by atoms with van der Waals surface area (Å²) in [5.41, 5.74) is 0.0786. The Kier molecular flexibility index (Phi) is 4.87. The predicted octanol–water partition coefficient (Wildman–Crippen LogP) is 3.62. The molecule has 4 heteroatoms. The van der Waals surface area contributed by atoms with Crippen LogP contribution < -0.4 is 0 Å². The van der Waals surface area contributed by atoms with Gasteiger partial charge in [-0.05, 0) is 41.9 Å². The maximum absolute atomic E-state index is 13.8. The van der Waals surface area contributed by atoms with Crippen LogP contribution in [0.4, 0.5) is 4.39 Å². The van der Waals surface area contributed by atoms with Gasteiger partial charge in [0, 0.05) is 12.6 Å². The zero-order valence-corrected chi connectivity index (χ0v) is 11.5. The number of hydrogen-bond acceptors (Lipinski definition) is 1. The number of hydrogen-bond donors (Lipinski definition) is 0. The van der Waals surface area contributed by atoms with Gasteiger partial charge >= 0.3 is 0 Å². The molecule has 1 aromatic carbocycles. The fourth-order valence-corrected chi connectivity index (χ4v) is 1.86. The van der Waals surface area contributed by atoms with Crippen LogP contribution in [-0.4, -0.2) is 23.4 Å². The highest BCUT2D eigenvalue weighted by molar-refractivity contribution is 9.10. The van der Waals surface area contributed by atoms with Gasteiger partial charge < -0.3 is 4.90 Å². The van der Waals surface area contributed by atoms with Gasteiger partial charge in [0.25, 0.3) is 5.91 Å². The summed E-state index contributed by atoms with van der Waals surface area (Å²) in [7, 11) is 0. The molecule has 0 N–H and O–H groups in total. The zero-order chi connectivity index (χ0) is 13.0. The molecule has 0 aliphatic carbocycles. The van der Waals surface area contributed by atoms with Crippen molar-refractivity contribution >= 4 is 21.8 Å². The van der Waals surface area contributed by atoms with Gasteiger partial charge in [0.2, 0.25) is 0 Å². The van der Waals surface area contributed by atoms with E-state index in [0.29, 0.717) is 11.0 Å². The van der Waals surface area contributed by atoms with Gasteiger partial charge in [0.1, 0.15) is 5.82 Å². The predicted molar refractivity (Wildman–Crippen MR) is 70.5 cm³/mol. The Labute approximate surface area is 109 Å². The third-order valence-corrected chi connectivity index (χ3v) is 3.00. The molecule has 0 atom stereocenters. The molecular formula is C13H15BrFNO. The van der Waals surface area contributed by atoms with Crippen molar-refractivity contribution < 1.29 is 9.18 Å². The lowest BCUT2D eigenvalue weighted by Gasteiger charge is -2.25. The Morgan fingerprint density at radius 3 is 2.76 bits per heavy atom.